The van der Waals surface area contributed by atoms with Crippen molar-refractivity contribution in [2.45, 2.75) is 6.92 Å². The molecule has 0 atom stereocenters. The summed E-state index contributed by atoms with van der Waals surface area (Å²) in [7, 11) is 1.58. The zero-order chi connectivity index (χ0) is 13.8. The molecule has 0 unspecified atom stereocenters. The molecule has 98 valence electrons. The van der Waals surface area contributed by atoms with Crippen LogP contribution in [-0.2, 0) is 0 Å². The summed E-state index contributed by atoms with van der Waals surface area (Å²) in [5, 5.41) is 9.95. The summed E-state index contributed by atoms with van der Waals surface area (Å²) in [6.45, 7) is 2.03. The van der Waals surface area contributed by atoms with E-state index in [4.69, 9.17) is 4.74 Å². The van der Waals surface area contributed by atoms with Gasteiger partial charge < -0.3 is 9.84 Å². The summed E-state index contributed by atoms with van der Waals surface area (Å²) in [5.74, 6) is 0.812. The first-order valence-corrected chi connectivity index (χ1v) is 6.56. The molecule has 0 bridgehead atoms. The molecule has 0 saturated heterocycles. The van der Waals surface area contributed by atoms with Crippen molar-refractivity contribution in [3.05, 3.63) is 52.0 Å². The lowest BCUT2D eigenvalue weighted by atomic mass is 10.2. The molecule has 19 heavy (non-hydrogen) atoms. The normalized spacial score (nSPS) is 10.9. The predicted octanol–water partition coefficient (Wildman–Crippen LogP) is 4.22. The molecule has 0 aliphatic carbocycles. The first-order chi connectivity index (χ1) is 9.10. The quantitative estimate of drug-likeness (QED) is 0.860. The van der Waals surface area contributed by atoms with Crippen molar-refractivity contribution in [3.8, 4) is 11.5 Å². The topological polar surface area (TPSA) is 41.8 Å². The molecule has 2 rings (SSSR count). The third-order valence-electron chi connectivity index (χ3n) is 2.69. The first-order valence-electron chi connectivity index (χ1n) is 5.77. The largest absolute Gasteiger partial charge is 0.506 e. The predicted molar refractivity (Wildman–Crippen MR) is 80.8 cm³/mol. The number of aromatic hydroxyl groups is 1. The number of rotatable bonds is 3. The zero-order valence-corrected chi connectivity index (χ0v) is 12.3. The number of phenolic OH excluding ortho intramolecular Hbond substituents is 1. The summed E-state index contributed by atoms with van der Waals surface area (Å²) < 4.78 is 5.74. The molecule has 0 fully saturated rings. The van der Waals surface area contributed by atoms with Gasteiger partial charge >= 0.3 is 0 Å². The highest BCUT2D eigenvalue weighted by Crippen LogP contribution is 2.31. The lowest BCUT2D eigenvalue weighted by molar-refractivity contribution is 0.411. The molecule has 0 aliphatic rings. The average Bonchev–Trinajstić information content (AvgIpc) is 2.42. The van der Waals surface area contributed by atoms with Crippen LogP contribution < -0.4 is 4.74 Å². The highest BCUT2D eigenvalue weighted by Gasteiger charge is 2.06. The summed E-state index contributed by atoms with van der Waals surface area (Å²) >= 11 is 3.28. The second kappa shape index (κ2) is 5.89. The molecule has 0 saturated carbocycles. The Morgan fingerprint density at radius 2 is 1.89 bits per heavy atom. The standard InChI is InChI=1S/C15H14BrNO2/c1-10-3-5-12(6-4-10)17-9-11-7-13(19-2)8-14(16)15(11)18/h3-9,18H,1-2H3. The minimum absolute atomic E-state index is 0.150. The monoisotopic (exact) mass is 319 g/mol. The van der Waals surface area contributed by atoms with Crippen LogP contribution in [0.3, 0.4) is 0 Å². The summed E-state index contributed by atoms with van der Waals surface area (Å²) in [6.07, 6.45) is 1.62. The fourth-order valence-corrected chi connectivity index (χ4v) is 2.04. The van der Waals surface area contributed by atoms with E-state index in [2.05, 4.69) is 20.9 Å². The van der Waals surface area contributed by atoms with E-state index in [1.165, 1.54) is 5.56 Å². The van der Waals surface area contributed by atoms with Crippen LogP contribution in [0.5, 0.6) is 11.5 Å². The molecule has 2 aromatic rings. The number of nitrogens with zero attached hydrogens (tertiary/aromatic N) is 1. The van der Waals surface area contributed by atoms with Crippen LogP contribution in [-0.4, -0.2) is 18.4 Å². The number of hydrogen-bond acceptors (Lipinski definition) is 3. The third kappa shape index (κ3) is 3.35. The number of halogens is 1. The molecule has 0 aliphatic heterocycles. The van der Waals surface area contributed by atoms with Crippen molar-refractivity contribution in [1.29, 1.82) is 0 Å². The SMILES string of the molecule is COc1cc(Br)c(O)c(C=Nc2ccc(C)cc2)c1. The number of aryl methyl sites for hydroxylation is 1. The number of phenols is 1. The number of methoxy groups -OCH3 is 1. The van der Waals surface area contributed by atoms with Gasteiger partial charge in [0, 0.05) is 11.8 Å². The molecule has 0 amide bonds. The Labute approximate surface area is 120 Å². The Bertz CT molecular complexity index is 606. The molecule has 0 radical (unpaired) electrons. The van der Waals surface area contributed by atoms with Crippen molar-refractivity contribution in [2.24, 2.45) is 4.99 Å². The Morgan fingerprint density at radius 1 is 1.21 bits per heavy atom. The van der Waals surface area contributed by atoms with Crippen molar-refractivity contribution in [2.75, 3.05) is 7.11 Å². The molecule has 0 aromatic heterocycles. The fourth-order valence-electron chi connectivity index (χ4n) is 1.59. The van der Waals surface area contributed by atoms with Crippen molar-refractivity contribution in [1.82, 2.24) is 0 Å². The molecule has 1 N–H and O–H groups in total. The van der Waals surface area contributed by atoms with Gasteiger partial charge in [0.05, 0.1) is 17.3 Å². The summed E-state index contributed by atoms with van der Waals surface area (Å²) in [6, 6.07) is 11.3. The van der Waals surface area contributed by atoms with E-state index in [0.29, 0.717) is 15.8 Å². The second-order valence-electron chi connectivity index (χ2n) is 4.14. The maximum absolute atomic E-state index is 9.95. The lowest BCUT2D eigenvalue weighted by Crippen LogP contribution is -1.88. The molecule has 3 nitrogen and oxygen atoms in total. The van der Waals surface area contributed by atoms with Crippen molar-refractivity contribution in [3.63, 3.8) is 0 Å². The Kier molecular flexibility index (Phi) is 4.22. The van der Waals surface area contributed by atoms with E-state index in [9.17, 15) is 5.11 Å². The molecule has 4 heteroatoms. The van der Waals surface area contributed by atoms with Crippen LogP contribution in [0.25, 0.3) is 0 Å². The lowest BCUT2D eigenvalue weighted by Gasteiger charge is -2.05. The molecule has 0 spiro atoms. The van der Waals surface area contributed by atoms with Gasteiger partial charge in [-0.1, -0.05) is 17.7 Å². The summed E-state index contributed by atoms with van der Waals surface area (Å²) in [5.41, 5.74) is 2.63. The van der Waals surface area contributed by atoms with Gasteiger partial charge in [0.25, 0.3) is 0 Å². The second-order valence-corrected chi connectivity index (χ2v) is 5.00. The van der Waals surface area contributed by atoms with E-state index < -0.39 is 0 Å². The Hall–Kier alpha value is -1.81. The number of aliphatic imine (C=N–C) groups is 1. The van der Waals surface area contributed by atoms with Gasteiger partial charge in [-0.25, -0.2) is 0 Å². The Balaban J connectivity index is 2.32. The van der Waals surface area contributed by atoms with Crippen LogP contribution >= 0.6 is 15.9 Å². The first kappa shape index (κ1) is 13.6. The van der Waals surface area contributed by atoms with Gasteiger partial charge in [0.2, 0.25) is 0 Å². The van der Waals surface area contributed by atoms with Gasteiger partial charge in [-0.15, -0.1) is 0 Å². The van der Waals surface area contributed by atoms with Crippen LogP contribution in [0.1, 0.15) is 11.1 Å². The van der Waals surface area contributed by atoms with Crippen LogP contribution in [0.15, 0.2) is 45.9 Å². The van der Waals surface area contributed by atoms with E-state index in [1.54, 1.807) is 25.5 Å². The molecule has 0 heterocycles. The smallest absolute Gasteiger partial charge is 0.138 e. The minimum atomic E-state index is 0.150. The highest BCUT2D eigenvalue weighted by atomic mass is 79.9. The summed E-state index contributed by atoms with van der Waals surface area (Å²) in [4.78, 5) is 4.33. The minimum Gasteiger partial charge on any atom is -0.506 e. The van der Waals surface area contributed by atoms with Gasteiger partial charge in [-0.2, -0.15) is 0 Å². The highest BCUT2D eigenvalue weighted by molar-refractivity contribution is 9.10. The Morgan fingerprint density at radius 3 is 2.53 bits per heavy atom. The van der Waals surface area contributed by atoms with E-state index >= 15 is 0 Å². The van der Waals surface area contributed by atoms with E-state index in [1.807, 2.05) is 31.2 Å². The van der Waals surface area contributed by atoms with Gasteiger partial charge in [-0.05, 0) is 47.1 Å². The van der Waals surface area contributed by atoms with Crippen LogP contribution in [0.4, 0.5) is 5.69 Å². The van der Waals surface area contributed by atoms with Crippen molar-refractivity contribution >= 4 is 27.8 Å². The maximum Gasteiger partial charge on any atom is 0.138 e. The third-order valence-corrected chi connectivity index (χ3v) is 3.29. The molecular weight excluding hydrogens is 306 g/mol. The van der Waals surface area contributed by atoms with Gasteiger partial charge in [0.15, 0.2) is 0 Å². The van der Waals surface area contributed by atoms with Crippen molar-refractivity contribution < 1.29 is 9.84 Å². The number of ether oxygens (including phenoxy) is 1. The van der Waals surface area contributed by atoms with Crippen LogP contribution in [0, 0.1) is 6.92 Å². The van der Waals surface area contributed by atoms with E-state index in [0.717, 1.165) is 5.69 Å². The number of hydrogen-bond donors (Lipinski definition) is 1. The fraction of sp³-hybridized carbons (Fsp3) is 0.133. The van der Waals surface area contributed by atoms with Gasteiger partial charge in [-0.3, -0.25) is 4.99 Å². The molecule has 2 aromatic carbocycles. The van der Waals surface area contributed by atoms with E-state index in [-0.39, 0.29) is 5.75 Å². The average molecular weight is 320 g/mol. The van der Waals surface area contributed by atoms with Gasteiger partial charge in [0.1, 0.15) is 11.5 Å². The van der Waals surface area contributed by atoms with Crippen LogP contribution in [0.2, 0.25) is 0 Å². The zero-order valence-electron chi connectivity index (χ0n) is 10.7. The maximum atomic E-state index is 9.95. The number of benzene rings is 2. The molecular formula is C15H14BrNO2.